The summed E-state index contributed by atoms with van der Waals surface area (Å²) < 4.78 is 0. The molecule has 0 aliphatic heterocycles. The van der Waals surface area contributed by atoms with Gasteiger partial charge in [0.1, 0.15) is 0 Å². The molecule has 0 bridgehead atoms. The third kappa shape index (κ3) is 3.77. The second-order valence-electron chi connectivity index (χ2n) is 3.52. The Morgan fingerprint density at radius 3 is 2.31 bits per heavy atom. The van der Waals surface area contributed by atoms with Crippen LogP contribution in [0.1, 0.15) is 20.8 Å². The molecule has 0 aliphatic rings. The lowest BCUT2D eigenvalue weighted by Crippen LogP contribution is -2.41. The first-order valence-corrected chi connectivity index (χ1v) is 5.06. The summed E-state index contributed by atoms with van der Waals surface area (Å²) in [4.78, 5) is 2.12. The summed E-state index contributed by atoms with van der Waals surface area (Å²) in [6, 6.07) is 0.866. The Kier molecular flexibility index (Phi) is 5.71. The van der Waals surface area contributed by atoms with Crippen LogP contribution in [0.5, 0.6) is 0 Å². The zero-order chi connectivity index (χ0) is 10.4. The van der Waals surface area contributed by atoms with Crippen LogP contribution in [-0.2, 0) is 0 Å². The zero-order valence-electron chi connectivity index (χ0n) is 8.95. The maximum Gasteiger partial charge on any atom is 0.0617 e. The monoisotopic (exact) mass is 200 g/mol. The van der Waals surface area contributed by atoms with Crippen molar-refractivity contribution in [2.45, 2.75) is 32.9 Å². The Morgan fingerprint density at radius 2 is 1.92 bits per heavy atom. The summed E-state index contributed by atoms with van der Waals surface area (Å²) in [5.41, 5.74) is 1.59. The standard InChI is InChI=1S/C10H20N2S/c1-6-12(5)10(4)8(2)9(3)11-7-13/h6-10H,1H2,2-5H3,(H,11,13)/t8?,9-,10?/m0/s1. The SMILES string of the molecule is C=CN(C)C(C)C(C)[C@H](C)NC=S. The highest BCUT2D eigenvalue weighted by molar-refractivity contribution is 7.78. The Morgan fingerprint density at radius 1 is 1.38 bits per heavy atom. The molecule has 1 N–H and O–H groups in total. The minimum Gasteiger partial charge on any atom is -0.379 e. The lowest BCUT2D eigenvalue weighted by molar-refractivity contribution is 0.236. The molecule has 3 atom stereocenters. The van der Waals surface area contributed by atoms with Crippen molar-refractivity contribution in [3.63, 3.8) is 0 Å². The number of hydrogen-bond acceptors (Lipinski definition) is 2. The Bertz CT molecular complexity index is 170. The van der Waals surface area contributed by atoms with Crippen molar-refractivity contribution in [1.82, 2.24) is 10.2 Å². The molecule has 0 amide bonds. The lowest BCUT2D eigenvalue weighted by atomic mass is 9.95. The van der Waals surface area contributed by atoms with E-state index in [1.54, 1.807) is 5.49 Å². The molecule has 0 aromatic rings. The molecule has 0 saturated carbocycles. The van der Waals surface area contributed by atoms with Crippen molar-refractivity contribution >= 4 is 17.7 Å². The number of hydrogen-bond donors (Lipinski definition) is 1. The third-order valence-corrected chi connectivity index (χ3v) is 2.95. The van der Waals surface area contributed by atoms with Crippen LogP contribution in [-0.4, -0.2) is 29.5 Å². The van der Waals surface area contributed by atoms with E-state index in [1.165, 1.54) is 0 Å². The molecule has 2 nitrogen and oxygen atoms in total. The zero-order valence-corrected chi connectivity index (χ0v) is 9.77. The van der Waals surface area contributed by atoms with Crippen molar-refractivity contribution < 1.29 is 0 Å². The molecule has 0 aromatic carbocycles. The van der Waals surface area contributed by atoms with Crippen molar-refractivity contribution in [3.05, 3.63) is 12.8 Å². The molecular weight excluding hydrogens is 180 g/mol. The summed E-state index contributed by atoms with van der Waals surface area (Å²) in [7, 11) is 2.04. The van der Waals surface area contributed by atoms with Gasteiger partial charge in [0.25, 0.3) is 0 Å². The largest absolute Gasteiger partial charge is 0.379 e. The predicted molar refractivity (Wildman–Crippen MR) is 62.8 cm³/mol. The number of nitrogens with zero attached hydrogens (tertiary/aromatic N) is 1. The van der Waals surface area contributed by atoms with E-state index in [0.717, 1.165) is 0 Å². The highest BCUT2D eigenvalue weighted by Crippen LogP contribution is 2.13. The van der Waals surface area contributed by atoms with Gasteiger partial charge < -0.3 is 10.2 Å². The smallest absolute Gasteiger partial charge is 0.0617 e. The fraction of sp³-hybridized carbons (Fsp3) is 0.700. The molecule has 0 fully saturated rings. The third-order valence-electron chi connectivity index (χ3n) is 2.81. The topological polar surface area (TPSA) is 15.3 Å². The van der Waals surface area contributed by atoms with Crippen molar-refractivity contribution in [2.75, 3.05) is 7.05 Å². The normalized spacial score (nSPS) is 16.9. The summed E-state index contributed by atoms with van der Waals surface area (Å²) in [6.45, 7) is 10.3. The average molecular weight is 200 g/mol. The van der Waals surface area contributed by atoms with Crippen LogP contribution < -0.4 is 5.32 Å². The van der Waals surface area contributed by atoms with Gasteiger partial charge in [-0.05, 0) is 26.0 Å². The number of rotatable bonds is 6. The van der Waals surface area contributed by atoms with E-state index in [9.17, 15) is 0 Å². The van der Waals surface area contributed by atoms with Gasteiger partial charge in [0.05, 0.1) is 5.49 Å². The first-order chi connectivity index (χ1) is 6.04. The van der Waals surface area contributed by atoms with Gasteiger partial charge >= 0.3 is 0 Å². The molecule has 0 aliphatic carbocycles. The van der Waals surface area contributed by atoms with Gasteiger partial charge in [0.2, 0.25) is 0 Å². The second-order valence-corrected chi connectivity index (χ2v) is 3.76. The molecule has 3 heteroatoms. The van der Waals surface area contributed by atoms with E-state index in [0.29, 0.717) is 18.0 Å². The minimum absolute atomic E-state index is 0.398. The first kappa shape index (κ1) is 12.4. The van der Waals surface area contributed by atoms with E-state index in [2.05, 4.69) is 37.6 Å². The molecule has 0 rings (SSSR count). The van der Waals surface area contributed by atoms with Crippen LogP contribution in [0.2, 0.25) is 0 Å². The van der Waals surface area contributed by atoms with Crippen LogP contribution in [0.15, 0.2) is 12.8 Å². The van der Waals surface area contributed by atoms with Gasteiger partial charge in [-0.2, -0.15) is 0 Å². The average Bonchev–Trinajstić information content (AvgIpc) is 2.14. The van der Waals surface area contributed by atoms with Gasteiger partial charge in [-0.1, -0.05) is 25.7 Å². The van der Waals surface area contributed by atoms with E-state index >= 15 is 0 Å². The predicted octanol–water partition coefficient (Wildman–Crippen LogP) is 2.02. The Balaban J connectivity index is 4.14. The van der Waals surface area contributed by atoms with Gasteiger partial charge in [-0.3, -0.25) is 0 Å². The Hall–Kier alpha value is -0.570. The lowest BCUT2D eigenvalue weighted by Gasteiger charge is -2.32. The summed E-state index contributed by atoms with van der Waals surface area (Å²) in [5.74, 6) is 0.530. The van der Waals surface area contributed by atoms with Gasteiger partial charge in [-0.25, -0.2) is 0 Å². The van der Waals surface area contributed by atoms with E-state index in [4.69, 9.17) is 12.2 Å². The van der Waals surface area contributed by atoms with Gasteiger partial charge in [0.15, 0.2) is 0 Å². The quantitative estimate of drug-likeness (QED) is 0.660. The summed E-state index contributed by atoms with van der Waals surface area (Å²) in [5, 5.41) is 3.13. The molecule has 0 radical (unpaired) electrons. The fourth-order valence-corrected chi connectivity index (χ4v) is 1.43. The van der Waals surface area contributed by atoms with E-state index < -0.39 is 0 Å². The molecule has 0 heterocycles. The van der Waals surface area contributed by atoms with Gasteiger partial charge in [-0.15, -0.1) is 0 Å². The van der Waals surface area contributed by atoms with E-state index in [-0.39, 0.29) is 0 Å². The van der Waals surface area contributed by atoms with Crippen LogP contribution in [0.3, 0.4) is 0 Å². The van der Waals surface area contributed by atoms with Crippen molar-refractivity contribution in [2.24, 2.45) is 5.92 Å². The second kappa shape index (κ2) is 5.97. The highest BCUT2D eigenvalue weighted by atomic mass is 32.1. The van der Waals surface area contributed by atoms with Crippen LogP contribution in [0, 0.1) is 5.92 Å². The summed E-state index contributed by atoms with van der Waals surface area (Å²) in [6.07, 6.45) is 1.85. The fourth-order valence-electron chi connectivity index (χ4n) is 1.21. The van der Waals surface area contributed by atoms with Crippen LogP contribution >= 0.6 is 12.2 Å². The van der Waals surface area contributed by atoms with Crippen LogP contribution in [0.4, 0.5) is 0 Å². The molecule has 2 unspecified atom stereocenters. The van der Waals surface area contributed by atoms with Gasteiger partial charge in [0, 0.05) is 19.1 Å². The summed E-state index contributed by atoms with van der Waals surface area (Å²) >= 11 is 4.76. The maximum absolute atomic E-state index is 4.76. The molecule has 76 valence electrons. The number of nitrogens with one attached hydrogen (secondary N) is 1. The highest BCUT2D eigenvalue weighted by Gasteiger charge is 2.19. The van der Waals surface area contributed by atoms with Crippen molar-refractivity contribution in [1.29, 1.82) is 0 Å². The maximum atomic E-state index is 4.76. The molecule has 0 aromatic heterocycles. The van der Waals surface area contributed by atoms with E-state index in [1.807, 2.05) is 13.2 Å². The molecule has 0 saturated heterocycles. The first-order valence-electron chi connectivity index (χ1n) is 4.58. The molecule has 13 heavy (non-hydrogen) atoms. The van der Waals surface area contributed by atoms with Crippen LogP contribution in [0.25, 0.3) is 0 Å². The Labute approximate surface area is 87.0 Å². The number of thiocarbonyl (C=S) groups is 1. The molecule has 0 spiro atoms. The van der Waals surface area contributed by atoms with Crippen molar-refractivity contribution in [3.8, 4) is 0 Å². The molecular formula is C10H20N2S. The minimum atomic E-state index is 0.398.